The molecule has 1 nitrogen and oxygen atoms in total. The Bertz CT molecular complexity index is 385. The van der Waals surface area contributed by atoms with Crippen molar-refractivity contribution in [1.82, 2.24) is 5.32 Å². The molecule has 0 heterocycles. The standard InChI is InChI=1S/C11H13ClF3N/c1-10(2,16-3)7-4-5-8(9(12)6-7)11(13,14)15/h4-6,16H,1-3H3. The van der Waals surface area contributed by atoms with Crippen LogP contribution in [0.3, 0.4) is 0 Å². The van der Waals surface area contributed by atoms with Crippen LogP contribution in [0.5, 0.6) is 0 Å². The molecule has 0 bridgehead atoms. The monoisotopic (exact) mass is 251 g/mol. The van der Waals surface area contributed by atoms with E-state index in [0.29, 0.717) is 5.56 Å². The van der Waals surface area contributed by atoms with Gasteiger partial charge in [-0.25, -0.2) is 0 Å². The smallest absolute Gasteiger partial charge is 0.311 e. The van der Waals surface area contributed by atoms with Crippen molar-refractivity contribution in [2.24, 2.45) is 0 Å². The molecule has 0 amide bonds. The van der Waals surface area contributed by atoms with Gasteiger partial charge in [0.1, 0.15) is 0 Å². The summed E-state index contributed by atoms with van der Waals surface area (Å²) in [6.07, 6.45) is -4.40. The number of rotatable bonds is 2. The van der Waals surface area contributed by atoms with E-state index in [-0.39, 0.29) is 5.02 Å². The highest BCUT2D eigenvalue weighted by Crippen LogP contribution is 2.36. The van der Waals surface area contributed by atoms with E-state index >= 15 is 0 Å². The Morgan fingerprint density at radius 1 is 1.19 bits per heavy atom. The summed E-state index contributed by atoms with van der Waals surface area (Å²) >= 11 is 5.63. The summed E-state index contributed by atoms with van der Waals surface area (Å²) in [6.45, 7) is 3.73. The number of hydrogen-bond acceptors (Lipinski definition) is 1. The molecule has 0 aliphatic carbocycles. The van der Waals surface area contributed by atoms with Gasteiger partial charge < -0.3 is 5.32 Å². The summed E-state index contributed by atoms with van der Waals surface area (Å²) in [7, 11) is 1.74. The third kappa shape index (κ3) is 2.68. The highest BCUT2D eigenvalue weighted by atomic mass is 35.5. The van der Waals surface area contributed by atoms with Crippen molar-refractivity contribution in [3.05, 3.63) is 34.3 Å². The number of benzene rings is 1. The van der Waals surface area contributed by atoms with Gasteiger partial charge in [0, 0.05) is 5.54 Å². The number of nitrogens with one attached hydrogen (secondary N) is 1. The SMILES string of the molecule is CNC(C)(C)c1ccc(C(F)(F)F)c(Cl)c1. The van der Waals surface area contributed by atoms with Gasteiger partial charge in [-0.3, -0.25) is 0 Å². The maximum absolute atomic E-state index is 12.5. The zero-order chi connectivity index (χ0) is 12.6. The van der Waals surface area contributed by atoms with Crippen LogP contribution in [0.2, 0.25) is 5.02 Å². The summed E-state index contributed by atoms with van der Waals surface area (Å²) in [5.41, 5.74) is -0.494. The lowest BCUT2D eigenvalue weighted by molar-refractivity contribution is -0.137. The van der Waals surface area contributed by atoms with Crippen LogP contribution in [0, 0.1) is 0 Å². The average Bonchev–Trinajstić information content (AvgIpc) is 2.15. The summed E-state index contributed by atoms with van der Waals surface area (Å²) < 4.78 is 37.4. The molecule has 90 valence electrons. The fraction of sp³-hybridized carbons (Fsp3) is 0.455. The van der Waals surface area contributed by atoms with Crippen LogP contribution in [0.4, 0.5) is 13.2 Å². The summed E-state index contributed by atoms with van der Waals surface area (Å²) in [5, 5.41) is 2.73. The average molecular weight is 252 g/mol. The molecule has 16 heavy (non-hydrogen) atoms. The lowest BCUT2D eigenvalue weighted by Gasteiger charge is -2.25. The van der Waals surface area contributed by atoms with E-state index in [0.717, 1.165) is 6.07 Å². The molecule has 0 fully saturated rings. The zero-order valence-electron chi connectivity index (χ0n) is 9.24. The van der Waals surface area contributed by atoms with Gasteiger partial charge in [-0.15, -0.1) is 0 Å². The van der Waals surface area contributed by atoms with Crippen molar-refractivity contribution in [1.29, 1.82) is 0 Å². The Hall–Kier alpha value is -0.740. The third-order valence-electron chi connectivity index (χ3n) is 2.62. The van der Waals surface area contributed by atoms with Crippen LogP contribution in [-0.4, -0.2) is 7.05 Å². The van der Waals surface area contributed by atoms with E-state index in [1.807, 2.05) is 13.8 Å². The maximum atomic E-state index is 12.5. The molecular weight excluding hydrogens is 239 g/mol. The van der Waals surface area contributed by atoms with E-state index in [1.54, 1.807) is 7.05 Å². The second kappa shape index (κ2) is 4.26. The van der Waals surface area contributed by atoms with Crippen LogP contribution in [-0.2, 0) is 11.7 Å². The molecule has 0 saturated heterocycles. The van der Waals surface area contributed by atoms with E-state index in [2.05, 4.69) is 5.32 Å². The quantitative estimate of drug-likeness (QED) is 0.843. The van der Waals surface area contributed by atoms with Crippen LogP contribution in [0.25, 0.3) is 0 Å². The first-order valence-corrected chi connectivity index (χ1v) is 5.12. The van der Waals surface area contributed by atoms with Gasteiger partial charge in [0.15, 0.2) is 0 Å². The first kappa shape index (κ1) is 13.3. The minimum atomic E-state index is -4.40. The number of halogens is 4. The first-order chi connectivity index (χ1) is 7.18. The second-order valence-corrected chi connectivity index (χ2v) is 4.47. The van der Waals surface area contributed by atoms with Gasteiger partial charge in [0.25, 0.3) is 0 Å². The summed E-state index contributed by atoms with van der Waals surface area (Å²) in [6, 6.07) is 3.79. The second-order valence-electron chi connectivity index (χ2n) is 4.07. The van der Waals surface area contributed by atoms with E-state index in [4.69, 9.17) is 11.6 Å². The van der Waals surface area contributed by atoms with Gasteiger partial charge in [0.2, 0.25) is 0 Å². The van der Waals surface area contributed by atoms with Gasteiger partial charge in [-0.05, 0) is 38.6 Å². The molecule has 0 aliphatic heterocycles. The van der Waals surface area contributed by atoms with Crippen LogP contribution >= 0.6 is 11.6 Å². The normalized spacial score (nSPS) is 12.9. The van der Waals surface area contributed by atoms with Crippen molar-refractivity contribution in [2.45, 2.75) is 25.6 Å². The molecular formula is C11H13ClF3N. The van der Waals surface area contributed by atoms with Crippen molar-refractivity contribution in [3.63, 3.8) is 0 Å². The fourth-order valence-corrected chi connectivity index (χ4v) is 1.57. The molecule has 1 rings (SSSR count). The third-order valence-corrected chi connectivity index (χ3v) is 2.93. The molecule has 5 heteroatoms. The van der Waals surface area contributed by atoms with Gasteiger partial charge in [-0.1, -0.05) is 17.7 Å². The van der Waals surface area contributed by atoms with E-state index in [1.165, 1.54) is 12.1 Å². The van der Waals surface area contributed by atoms with Crippen molar-refractivity contribution < 1.29 is 13.2 Å². The molecule has 0 aliphatic rings. The highest BCUT2D eigenvalue weighted by Gasteiger charge is 2.33. The molecule has 0 aromatic heterocycles. The minimum absolute atomic E-state index is 0.270. The molecule has 0 saturated carbocycles. The van der Waals surface area contributed by atoms with Crippen LogP contribution in [0.1, 0.15) is 25.0 Å². The van der Waals surface area contributed by atoms with E-state index in [9.17, 15) is 13.2 Å². The fourth-order valence-electron chi connectivity index (χ4n) is 1.28. The molecule has 1 aromatic carbocycles. The van der Waals surface area contributed by atoms with Gasteiger partial charge in [0.05, 0.1) is 10.6 Å². The Morgan fingerprint density at radius 3 is 2.12 bits per heavy atom. The van der Waals surface area contributed by atoms with Crippen molar-refractivity contribution >= 4 is 11.6 Å². The summed E-state index contributed by atoms with van der Waals surface area (Å²) in [4.78, 5) is 0. The van der Waals surface area contributed by atoms with E-state index < -0.39 is 17.3 Å². The van der Waals surface area contributed by atoms with Crippen molar-refractivity contribution in [3.8, 4) is 0 Å². The molecule has 1 N–H and O–H groups in total. The Kier molecular flexibility index (Phi) is 3.55. The first-order valence-electron chi connectivity index (χ1n) is 4.74. The number of alkyl halides is 3. The van der Waals surface area contributed by atoms with Gasteiger partial charge >= 0.3 is 6.18 Å². The molecule has 0 atom stereocenters. The molecule has 1 aromatic rings. The van der Waals surface area contributed by atoms with Crippen molar-refractivity contribution in [2.75, 3.05) is 7.05 Å². The molecule has 0 radical (unpaired) electrons. The Labute approximate surface area is 97.6 Å². The van der Waals surface area contributed by atoms with Crippen LogP contribution < -0.4 is 5.32 Å². The minimum Gasteiger partial charge on any atom is -0.311 e. The maximum Gasteiger partial charge on any atom is 0.417 e. The Balaban J connectivity index is 3.20. The summed E-state index contributed by atoms with van der Waals surface area (Å²) in [5.74, 6) is 0. The highest BCUT2D eigenvalue weighted by molar-refractivity contribution is 6.31. The zero-order valence-corrected chi connectivity index (χ0v) is 10.00. The topological polar surface area (TPSA) is 12.0 Å². The lowest BCUT2D eigenvalue weighted by Crippen LogP contribution is -2.33. The molecule has 0 spiro atoms. The van der Waals surface area contributed by atoms with Gasteiger partial charge in [-0.2, -0.15) is 13.2 Å². The Morgan fingerprint density at radius 2 is 1.75 bits per heavy atom. The largest absolute Gasteiger partial charge is 0.417 e. The molecule has 0 unspecified atom stereocenters. The van der Waals surface area contributed by atoms with Crippen LogP contribution in [0.15, 0.2) is 18.2 Å². The predicted octanol–water partition coefficient (Wildman–Crippen LogP) is 3.81. The lowest BCUT2D eigenvalue weighted by atomic mass is 9.93. The number of hydrogen-bond donors (Lipinski definition) is 1. The predicted molar refractivity (Wildman–Crippen MR) is 58.5 cm³/mol.